The van der Waals surface area contributed by atoms with Gasteiger partial charge in [0, 0.05) is 18.6 Å². The van der Waals surface area contributed by atoms with Crippen LogP contribution in [0.1, 0.15) is 39.7 Å². The molecule has 0 saturated heterocycles. The van der Waals surface area contributed by atoms with Crippen molar-refractivity contribution in [3.05, 3.63) is 29.7 Å². The standard InChI is InChI=1S/C15H26N2O2S2/c1-6-8-16-11-13-10-14(20-12-13)21(18,19)17(9-7-2)15(3,4)5/h7,10,12,16H,2,6,8-9,11H2,1,3-5H3. The van der Waals surface area contributed by atoms with Crippen molar-refractivity contribution in [3.63, 3.8) is 0 Å². The van der Waals surface area contributed by atoms with E-state index in [4.69, 9.17) is 0 Å². The van der Waals surface area contributed by atoms with Crippen molar-refractivity contribution in [3.8, 4) is 0 Å². The average molecular weight is 331 g/mol. The molecule has 0 spiro atoms. The van der Waals surface area contributed by atoms with Crippen molar-refractivity contribution >= 4 is 21.4 Å². The van der Waals surface area contributed by atoms with Crippen LogP contribution in [0.2, 0.25) is 0 Å². The van der Waals surface area contributed by atoms with Gasteiger partial charge in [0.1, 0.15) is 4.21 Å². The second-order valence-electron chi connectivity index (χ2n) is 5.95. The molecule has 0 aliphatic carbocycles. The second-order valence-corrected chi connectivity index (χ2v) is 8.95. The molecule has 4 nitrogen and oxygen atoms in total. The maximum absolute atomic E-state index is 12.8. The van der Waals surface area contributed by atoms with Crippen LogP contribution in [-0.4, -0.2) is 31.4 Å². The molecule has 0 fully saturated rings. The molecule has 1 N–H and O–H groups in total. The zero-order chi connectivity index (χ0) is 16.1. The Labute approximate surface area is 132 Å². The summed E-state index contributed by atoms with van der Waals surface area (Å²) in [6, 6.07) is 1.77. The van der Waals surface area contributed by atoms with Gasteiger partial charge in [0.05, 0.1) is 0 Å². The first-order valence-electron chi connectivity index (χ1n) is 7.15. The SMILES string of the molecule is C=CCN(C(C)(C)C)S(=O)(=O)c1cc(CNCCC)cs1. The maximum atomic E-state index is 12.8. The van der Waals surface area contributed by atoms with Gasteiger partial charge in [-0.3, -0.25) is 0 Å². The van der Waals surface area contributed by atoms with Gasteiger partial charge in [-0.2, -0.15) is 4.31 Å². The Hall–Kier alpha value is -0.690. The lowest BCUT2D eigenvalue weighted by molar-refractivity contribution is 0.270. The topological polar surface area (TPSA) is 49.4 Å². The van der Waals surface area contributed by atoms with Crippen LogP contribution in [0.15, 0.2) is 28.3 Å². The lowest BCUT2D eigenvalue weighted by Crippen LogP contribution is -2.45. The molecule has 1 rings (SSSR count). The van der Waals surface area contributed by atoms with E-state index >= 15 is 0 Å². The number of nitrogens with one attached hydrogen (secondary N) is 1. The summed E-state index contributed by atoms with van der Waals surface area (Å²) in [5, 5.41) is 5.19. The quantitative estimate of drug-likeness (QED) is 0.588. The fraction of sp³-hybridized carbons (Fsp3) is 0.600. The molecule has 0 bridgehead atoms. The van der Waals surface area contributed by atoms with E-state index in [9.17, 15) is 8.42 Å². The first kappa shape index (κ1) is 18.4. The van der Waals surface area contributed by atoms with Crippen molar-refractivity contribution in [1.29, 1.82) is 0 Å². The predicted molar refractivity (Wildman–Crippen MR) is 90.2 cm³/mol. The van der Waals surface area contributed by atoms with Gasteiger partial charge >= 0.3 is 0 Å². The highest BCUT2D eigenvalue weighted by molar-refractivity contribution is 7.91. The molecule has 120 valence electrons. The number of thiophene rings is 1. The van der Waals surface area contributed by atoms with E-state index in [1.54, 1.807) is 12.1 Å². The molecule has 0 unspecified atom stereocenters. The van der Waals surface area contributed by atoms with Crippen LogP contribution in [0.3, 0.4) is 0 Å². The molecule has 0 radical (unpaired) electrons. The fourth-order valence-electron chi connectivity index (χ4n) is 1.95. The Morgan fingerprint density at radius 1 is 1.43 bits per heavy atom. The van der Waals surface area contributed by atoms with Gasteiger partial charge in [-0.1, -0.05) is 13.0 Å². The van der Waals surface area contributed by atoms with Gasteiger partial charge in [-0.05, 0) is 50.7 Å². The molecule has 0 aliphatic heterocycles. The average Bonchev–Trinajstić information content (AvgIpc) is 2.84. The Morgan fingerprint density at radius 3 is 2.62 bits per heavy atom. The van der Waals surface area contributed by atoms with Crippen LogP contribution >= 0.6 is 11.3 Å². The number of nitrogens with zero attached hydrogens (tertiary/aromatic N) is 1. The zero-order valence-corrected chi connectivity index (χ0v) is 15.0. The number of hydrogen-bond acceptors (Lipinski definition) is 4. The van der Waals surface area contributed by atoms with Gasteiger partial charge in [0.15, 0.2) is 0 Å². The van der Waals surface area contributed by atoms with Crippen molar-refractivity contribution < 1.29 is 8.42 Å². The first-order chi connectivity index (χ1) is 9.73. The number of sulfonamides is 1. The molecular formula is C15H26N2O2S2. The van der Waals surface area contributed by atoms with Gasteiger partial charge in [0.25, 0.3) is 10.0 Å². The molecule has 1 aromatic rings. The van der Waals surface area contributed by atoms with Gasteiger partial charge < -0.3 is 5.32 Å². The summed E-state index contributed by atoms with van der Waals surface area (Å²) >= 11 is 1.28. The summed E-state index contributed by atoms with van der Waals surface area (Å²) in [6.45, 7) is 13.4. The van der Waals surface area contributed by atoms with E-state index in [0.717, 1.165) is 18.5 Å². The maximum Gasteiger partial charge on any atom is 0.253 e. The molecule has 0 atom stereocenters. The molecular weight excluding hydrogens is 304 g/mol. The molecule has 6 heteroatoms. The van der Waals surface area contributed by atoms with E-state index in [2.05, 4.69) is 18.8 Å². The third-order valence-corrected chi connectivity index (χ3v) is 6.57. The van der Waals surface area contributed by atoms with E-state index in [1.807, 2.05) is 26.2 Å². The van der Waals surface area contributed by atoms with Crippen LogP contribution in [0.5, 0.6) is 0 Å². The minimum absolute atomic E-state index is 0.313. The van der Waals surface area contributed by atoms with Crippen LogP contribution in [0.25, 0.3) is 0 Å². The van der Waals surface area contributed by atoms with Crippen molar-refractivity contribution in [2.75, 3.05) is 13.1 Å². The summed E-state index contributed by atoms with van der Waals surface area (Å²) < 4.78 is 27.4. The fourth-order valence-corrected chi connectivity index (χ4v) is 5.03. The Bertz CT molecular complexity index is 556. The van der Waals surface area contributed by atoms with E-state index < -0.39 is 15.6 Å². The highest BCUT2D eigenvalue weighted by Crippen LogP contribution is 2.28. The van der Waals surface area contributed by atoms with E-state index in [-0.39, 0.29) is 0 Å². The third-order valence-electron chi connectivity index (χ3n) is 2.97. The van der Waals surface area contributed by atoms with Gasteiger partial charge in [0.2, 0.25) is 0 Å². The summed E-state index contributed by atoms with van der Waals surface area (Å²) in [6.07, 6.45) is 2.69. The Morgan fingerprint density at radius 2 is 2.10 bits per heavy atom. The number of hydrogen-bond donors (Lipinski definition) is 1. The largest absolute Gasteiger partial charge is 0.313 e. The van der Waals surface area contributed by atoms with Crippen molar-refractivity contribution in [2.24, 2.45) is 0 Å². The van der Waals surface area contributed by atoms with Crippen molar-refractivity contribution in [2.45, 2.75) is 50.4 Å². The van der Waals surface area contributed by atoms with Crippen LogP contribution in [0.4, 0.5) is 0 Å². The van der Waals surface area contributed by atoms with E-state index in [1.165, 1.54) is 15.6 Å². The second kappa shape index (κ2) is 7.54. The zero-order valence-electron chi connectivity index (χ0n) is 13.3. The smallest absolute Gasteiger partial charge is 0.253 e. The number of rotatable bonds is 8. The Kier molecular flexibility index (Phi) is 6.59. The highest BCUT2D eigenvalue weighted by Gasteiger charge is 2.33. The highest BCUT2D eigenvalue weighted by atomic mass is 32.2. The molecule has 0 aromatic carbocycles. The molecule has 0 amide bonds. The molecule has 0 saturated carbocycles. The minimum atomic E-state index is -3.48. The lowest BCUT2D eigenvalue weighted by atomic mass is 10.1. The van der Waals surface area contributed by atoms with Crippen LogP contribution in [0, 0.1) is 0 Å². The monoisotopic (exact) mass is 330 g/mol. The summed E-state index contributed by atoms with van der Waals surface area (Å²) in [7, 11) is -3.48. The molecule has 1 heterocycles. The lowest BCUT2D eigenvalue weighted by Gasteiger charge is -2.33. The summed E-state index contributed by atoms with van der Waals surface area (Å²) in [4.78, 5) is 0. The predicted octanol–water partition coefficient (Wildman–Crippen LogP) is 3.22. The van der Waals surface area contributed by atoms with Crippen LogP contribution in [-0.2, 0) is 16.6 Å². The van der Waals surface area contributed by atoms with Gasteiger partial charge in [-0.25, -0.2) is 8.42 Å². The summed E-state index contributed by atoms with van der Waals surface area (Å²) in [5.74, 6) is 0. The normalized spacial score (nSPS) is 12.8. The first-order valence-corrected chi connectivity index (χ1v) is 9.47. The minimum Gasteiger partial charge on any atom is -0.313 e. The van der Waals surface area contributed by atoms with Crippen molar-refractivity contribution in [1.82, 2.24) is 9.62 Å². The third kappa shape index (κ3) is 4.92. The molecule has 21 heavy (non-hydrogen) atoms. The molecule has 1 aromatic heterocycles. The van der Waals surface area contributed by atoms with Crippen LogP contribution < -0.4 is 5.32 Å². The Balaban J connectivity index is 2.98. The van der Waals surface area contributed by atoms with E-state index in [0.29, 0.717) is 17.3 Å². The summed E-state index contributed by atoms with van der Waals surface area (Å²) in [5.41, 5.74) is 0.539. The van der Waals surface area contributed by atoms with Gasteiger partial charge in [-0.15, -0.1) is 17.9 Å². The molecule has 0 aliphatic rings.